The van der Waals surface area contributed by atoms with Crippen LogP contribution in [0.25, 0.3) is 10.8 Å². The highest BCUT2D eigenvalue weighted by molar-refractivity contribution is 7.13. The van der Waals surface area contributed by atoms with Crippen LogP contribution in [-0.4, -0.2) is 34.6 Å². The average Bonchev–Trinajstić information content (AvgIpc) is 3.26. The molecule has 0 saturated carbocycles. The Morgan fingerprint density at radius 2 is 2.11 bits per heavy atom. The molecular weight excluding hydrogens is 417 g/mol. The van der Waals surface area contributed by atoms with Crippen molar-refractivity contribution in [2.45, 2.75) is 12.7 Å². The van der Waals surface area contributed by atoms with Crippen LogP contribution < -0.4 is 5.32 Å². The van der Waals surface area contributed by atoms with Gasteiger partial charge in [-0.15, -0.1) is 21.5 Å². The molecule has 6 nitrogen and oxygen atoms in total. The van der Waals surface area contributed by atoms with Crippen LogP contribution in [0.4, 0.5) is 18.9 Å². The van der Waals surface area contributed by atoms with Crippen LogP contribution in [0.1, 0.15) is 11.5 Å². The molecule has 0 atom stereocenters. The molecule has 1 N–H and O–H groups in total. The van der Waals surface area contributed by atoms with Crippen molar-refractivity contribution in [2.24, 2.45) is 0 Å². The molecule has 0 saturated heterocycles. The van der Waals surface area contributed by atoms with Crippen LogP contribution in [0.5, 0.6) is 0 Å². The van der Waals surface area contributed by atoms with Crippen LogP contribution in [-0.2, 0) is 17.5 Å². The zero-order valence-corrected chi connectivity index (χ0v) is 16.0. The molecule has 2 aromatic heterocycles. The Morgan fingerprint density at radius 1 is 1.32 bits per heavy atom. The molecule has 0 aliphatic carbocycles. The van der Waals surface area contributed by atoms with E-state index in [1.807, 2.05) is 17.5 Å². The molecule has 0 aliphatic heterocycles. The highest BCUT2D eigenvalue weighted by Gasteiger charge is 2.33. The first kappa shape index (κ1) is 20.3. The number of rotatable bonds is 6. The number of hydrogen-bond acceptors (Lipinski definition) is 6. The third-order valence-corrected chi connectivity index (χ3v) is 4.76. The van der Waals surface area contributed by atoms with Gasteiger partial charge in [0.15, 0.2) is 0 Å². The number of aromatic nitrogens is 2. The molecule has 28 heavy (non-hydrogen) atoms. The highest BCUT2D eigenvalue weighted by Crippen LogP contribution is 2.36. The second kappa shape index (κ2) is 8.29. The molecule has 0 unspecified atom stereocenters. The van der Waals surface area contributed by atoms with Gasteiger partial charge in [0.05, 0.1) is 28.6 Å². The number of halogens is 4. The van der Waals surface area contributed by atoms with Gasteiger partial charge in [-0.05, 0) is 36.7 Å². The predicted octanol–water partition coefficient (Wildman–Crippen LogP) is 4.54. The summed E-state index contributed by atoms with van der Waals surface area (Å²) in [6.45, 7) is 0.126. The van der Waals surface area contributed by atoms with E-state index >= 15 is 0 Å². The Balaban J connectivity index is 1.58. The minimum absolute atomic E-state index is 0.00731. The lowest BCUT2D eigenvalue weighted by atomic mass is 10.2. The summed E-state index contributed by atoms with van der Waals surface area (Å²) in [7, 11) is 1.65. The lowest BCUT2D eigenvalue weighted by molar-refractivity contribution is -0.137. The van der Waals surface area contributed by atoms with Crippen molar-refractivity contribution in [2.75, 3.05) is 18.9 Å². The quantitative estimate of drug-likeness (QED) is 0.621. The number of thiophene rings is 1. The second-order valence-electron chi connectivity index (χ2n) is 5.89. The van der Waals surface area contributed by atoms with Crippen LogP contribution in [0.15, 0.2) is 40.1 Å². The molecule has 1 aromatic carbocycles. The molecular formula is C17H14ClF3N4O2S. The van der Waals surface area contributed by atoms with Crippen molar-refractivity contribution >= 4 is 34.5 Å². The number of alkyl halides is 3. The molecule has 1 amide bonds. The van der Waals surface area contributed by atoms with Gasteiger partial charge in [-0.3, -0.25) is 9.69 Å². The summed E-state index contributed by atoms with van der Waals surface area (Å²) >= 11 is 7.03. The number of carbonyl (C=O) groups excluding carboxylic acids is 1. The zero-order valence-electron chi connectivity index (χ0n) is 14.5. The number of likely N-dealkylation sites (N-methyl/N-ethyl adjacent to an activating group) is 1. The maximum atomic E-state index is 12.9. The van der Waals surface area contributed by atoms with Gasteiger partial charge < -0.3 is 9.73 Å². The molecule has 0 fully saturated rings. The van der Waals surface area contributed by atoms with E-state index in [4.69, 9.17) is 16.0 Å². The topological polar surface area (TPSA) is 71.3 Å². The van der Waals surface area contributed by atoms with E-state index in [1.165, 1.54) is 17.4 Å². The number of amides is 1. The summed E-state index contributed by atoms with van der Waals surface area (Å²) in [5.74, 6) is 0.226. The van der Waals surface area contributed by atoms with E-state index < -0.39 is 22.7 Å². The third-order valence-electron chi connectivity index (χ3n) is 3.57. The first-order valence-corrected chi connectivity index (χ1v) is 9.19. The minimum Gasteiger partial charge on any atom is -0.419 e. The minimum atomic E-state index is -4.60. The standard InChI is InChI=1S/C17H14ClF3N4O2S/c1-25(9-15-23-24-16(27-15)13-3-2-6-28-13)8-14(26)22-10-4-5-12(18)11(7-10)17(19,20)21/h2-7H,8-9H2,1H3,(H,22,26). The molecule has 0 bridgehead atoms. The van der Waals surface area contributed by atoms with E-state index in [9.17, 15) is 18.0 Å². The van der Waals surface area contributed by atoms with Gasteiger partial charge in [0.25, 0.3) is 5.89 Å². The number of hydrogen-bond donors (Lipinski definition) is 1. The summed E-state index contributed by atoms with van der Waals surface area (Å²) in [6, 6.07) is 6.91. The predicted molar refractivity (Wildman–Crippen MR) is 99.0 cm³/mol. The first-order valence-electron chi connectivity index (χ1n) is 7.94. The average molecular weight is 431 g/mol. The Kier molecular flexibility index (Phi) is 6.01. The molecule has 11 heteroatoms. The Bertz CT molecular complexity index is 960. The number of carbonyl (C=O) groups is 1. The van der Waals surface area contributed by atoms with Crippen molar-refractivity contribution < 1.29 is 22.4 Å². The van der Waals surface area contributed by atoms with E-state index in [-0.39, 0.29) is 18.8 Å². The Hall–Kier alpha value is -2.43. The maximum Gasteiger partial charge on any atom is 0.417 e. The van der Waals surface area contributed by atoms with Crippen LogP contribution in [0.2, 0.25) is 5.02 Å². The zero-order chi connectivity index (χ0) is 20.3. The van der Waals surface area contributed by atoms with Gasteiger partial charge in [0, 0.05) is 5.69 Å². The van der Waals surface area contributed by atoms with Gasteiger partial charge in [0.2, 0.25) is 11.8 Å². The van der Waals surface area contributed by atoms with E-state index in [0.717, 1.165) is 17.0 Å². The number of nitrogens with one attached hydrogen (secondary N) is 1. The fourth-order valence-electron chi connectivity index (χ4n) is 2.37. The second-order valence-corrected chi connectivity index (χ2v) is 7.25. The van der Waals surface area contributed by atoms with Crippen LogP contribution in [0, 0.1) is 0 Å². The summed E-state index contributed by atoms with van der Waals surface area (Å²) in [6.07, 6.45) is -4.60. The highest BCUT2D eigenvalue weighted by atomic mass is 35.5. The Morgan fingerprint density at radius 3 is 2.79 bits per heavy atom. The maximum absolute atomic E-state index is 12.9. The number of benzene rings is 1. The first-order chi connectivity index (χ1) is 13.2. The number of nitrogens with zero attached hydrogens (tertiary/aromatic N) is 3. The summed E-state index contributed by atoms with van der Waals surface area (Å²) in [4.78, 5) is 14.6. The largest absolute Gasteiger partial charge is 0.419 e. The van der Waals surface area contributed by atoms with Crippen LogP contribution >= 0.6 is 22.9 Å². The third kappa shape index (κ3) is 5.09. The molecule has 3 aromatic rings. The van der Waals surface area contributed by atoms with Gasteiger partial charge in [-0.25, -0.2) is 0 Å². The molecule has 0 aliphatic rings. The van der Waals surface area contributed by atoms with Crippen molar-refractivity contribution in [1.29, 1.82) is 0 Å². The van der Waals surface area contributed by atoms with Crippen molar-refractivity contribution in [3.8, 4) is 10.8 Å². The van der Waals surface area contributed by atoms with E-state index in [0.29, 0.717) is 11.8 Å². The molecule has 3 rings (SSSR count). The number of anilines is 1. The van der Waals surface area contributed by atoms with Gasteiger partial charge in [0.1, 0.15) is 0 Å². The van der Waals surface area contributed by atoms with Crippen LogP contribution in [0.3, 0.4) is 0 Å². The molecule has 2 heterocycles. The monoisotopic (exact) mass is 430 g/mol. The lowest BCUT2D eigenvalue weighted by Crippen LogP contribution is -2.30. The summed E-state index contributed by atoms with van der Waals surface area (Å²) in [5.41, 5.74) is -1.000. The van der Waals surface area contributed by atoms with E-state index in [2.05, 4.69) is 15.5 Å². The Labute approximate surface area is 166 Å². The van der Waals surface area contributed by atoms with Gasteiger partial charge >= 0.3 is 6.18 Å². The normalized spacial score (nSPS) is 11.8. The fraction of sp³-hybridized carbons (Fsp3) is 0.235. The van der Waals surface area contributed by atoms with Crippen molar-refractivity contribution in [1.82, 2.24) is 15.1 Å². The summed E-state index contributed by atoms with van der Waals surface area (Å²) in [5, 5.41) is 11.8. The van der Waals surface area contributed by atoms with Gasteiger partial charge in [-0.1, -0.05) is 17.7 Å². The lowest BCUT2D eigenvalue weighted by Gasteiger charge is -2.15. The molecule has 0 spiro atoms. The molecule has 148 valence electrons. The molecule has 0 radical (unpaired) electrons. The smallest absolute Gasteiger partial charge is 0.417 e. The van der Waals surface area contributed by atoms with Gasteiger partial charge in [-0.2, -0.15) is 13.2 Å². The van der Waals surface area contributed by atoms with E-state index in [1.54, 1.807) is 11.9 Å². The van der Waals surface area contributed by atoms with Crippen molar-refractivity contribution in [3.63, 3.8) is 0 Å². The SMILES string of the molecule is CN(CC(=O)Nc1ccc(Cl)c(C(F)(F)F)c1)Cc1nnc(-c2cccs2)o1. The summed E-state index contributed by atoms with van der Waals surface area (Å²) < 4.78 is 44.2. The fourth-order valence-corrected chi connectivity index (χ4v) is 3.24. The van der Waals surface area contributed by atoms with Crippen molar-refractivity contribution in [3.05, 3.63) is 52.2 Å².